The molecule has 0 aliphatic rings. The SMILES string of the molecule is C=CCn1c(C)nnc1SCc1noc(CC(C)C)n1. The van der Waals surface area contributed by atoms with Crippen LogP contribution in [0.5, 0.6) is 0 Å². The Balaban J connectivity index is 1.98. The third-order valence-corrected chi connectivity index (χ3v) is 3.60. The highest BCUT2D eigenvalue weighted by molar-refractivity contribution is 7.98. The molecule has 6 nitrogen and oxygen atoms in total. The van der Waals surface area contributed by atoms with Gasteiger partial charge in [-0.1, -0.05) is 36.8 Å². The Morgan fingerprint density at radius 2 is 2.20 bits per heavy atom. The van der Waals surface area contributed by atoms with Crippen molar-refractivity contribution in [2.75, 3.05) is 0 Å². The number of rotatable bonds is 7. The molecule has 20 heavy (non-hydrogen) atoms. The van der Waals surface area contributed by atoms with Crippen LogP contribution in [0.25, 0.3) is 0 Å². The average Bonchev–Trinajstić information content (AvgIpc) is 2.96. The van der Waals surface area contributed by atoms with E-state index < -0.39 is 0 Å². The first-order valence-electron chi connectivity index (χ1n) is 6.55. The highest BCUT2D eigenvalue weighted by atomic mass is 32.2. The van der Waals surface area contributed by atoms with E-state index in [0.717, 1.165) is 17.4 Å². The lowest BCUT2D eigenvalue weighted by molar-refractivity contribution is 0.360. The number of nitrogens with zero attached hydrogens (tertiary/aromatic N) is 5. The van der Waals surface area contributed by atoms with E-state index in [1.165, 1.54) is 0 Å². The number of aromatic nitrogens is 5. The summed E-state index contributed by atoms with van der Waals surface area (Å²) in [7, 11) is 0. The maximum absolute atomic E-state index is 5.21. The molecular formula is C13H19N5OS. The van der Waals surface area contributed by atoms with Gasteiger partial charge < -0.3 is 9.09 Å². The molecule has 0 bridgehead atoms. The third kappa shape index (κ3) is 3.69. The Morgan fingerprint density at radius 3 is 2.90 bits per heavy atom. The molecule has 2 heterocycles. The minimum absolute atomic E-state index is 0.509. The molecule has 2 aromatic heterocycles. The summed E-state index contributed by atoms with van der Waals surface area (Å²) in [6, 6.07) is 0. The molecular weight excluding hydrogens is 274 g/mol. The van der Waals surface area contributed by atoms with Gasteiger partial charge in [0.2, 0.25) is 5.89 Å². The van der Waals surface area contributed by atoms with Crippen molar-refractivity contribution >= 4 is 11.8 Å². The fraction of sp³-hybridized carbons (Fsp3) is 0.538. The zero-order valence-electron chi connectivity index (χ0n) is 12.0. The zero-order valence-corrected chi connectivity index (χ0v) is 12.9. The smallest absolute Gasteiger partial charge is 0.226 e. The molecule has 0 spiro atoms. The molecule has 0 unspecified atom stereocenters. The maximum atomic E-state index is 5.21. The fourth-order valence-corrected chi connectivity index (χ4v) is 2.55. The molecule has 7 heteroatoms. The highest BCUT2D eigenvalue weighted by Crippen LogP contribution is 2.20. The molecule has 0 amide bonds. The van der Waals surface area contributed by atoms with Gasteiger partial charge in [-0.2, -0.15) is 4.98 Å². The topological polar surface area (TPSA) is 69.6 Å². The Bertz CT molecular complexity index is 575. The van der Waals surface area contributed by atoms with Gasteiger partial charge in [0, 0.05) is 13.0 Å². The van der Waals surface area contributed by atoms with E-state index in [2.05, 4.69) is 40.8 Å². The molecule has 0 N–H and O–H groups in total. The molecule has 0 aromatic carbocycles. The molecule has 0 radical (unpaired) electrons. The number of aryl methyl sites for hydroxylation is 1. The van der Waals surface area contributed by atoms with Crippen LogP contribution in [0.1, 0.15) is 31.4 Å². The van der Waals surface area contributed by atoms with E-state index in [9.17, 15) is 0 Å². The highest BCUT2D eigenvalue weighted by Gasteiger charge is 2.12. The van der Waals surface area contributed by atoms with E-state index >= 15 is 0 Å². The Morgan fingerprint density at radius 1 is 1.40 bits per heavy atom. The summed E-state index contributed by atoms with van der Waals surface area (Å²) in [5.41, 5.74) is 0. The first kappa shape index (κ1) is 14.8. The van der Waals surface area contributed by atoms with Crippen LogP contribution in [0.15, 0.2) is 22.3 Å². The molecule has 2 aromatic rings. The largest absolute Gasteiger partial charge is 0.339 e. The maximum Gasteiger partial charge on any atom is 0.226 e. The van der Waals surface area contributed by atoms with Crippen LogP contribution in [-0.4, -0.2) is 24.9 Å². The van der Waals surface area contributed by atoms with Gasteiger partial charge >= 0.3 is 0 Å². The van der Waals surface area contributed by atoms with Crippen LogP contribution >= 0.6 is 11.8 Å². The van der Waals surface area contributed by atoms with Crippen molar-refractivity contribution in [2.45, 2.75) is 44.6 Å². The Hall–Kier alpha value is -1.63. The lowest BCUT2D eigenvalue weighted by Gasteiger charge is -2.03. The van der Waals surface area contributed by atoms with Crippen LogP contribution in [0.3, 0.4) is 0 Å². The predicted molar refractivity (Wildman–Crippen MR) is 77.4 cm³/mol. The molecule has 0 aliphatic heterocycles. The van der Waals surface area contributed by atoms with Gasteiger partial charge in [0.25, 0.3) is 0 Å². The van der Waals surface area contributed by atoms with Crippen molar-refractivity contribution in [2.24, 2.45) is 5.92 Å². The number of thioether (sulfide) groups is 1. The van der Waals surface area contributed by atoms with Crippen molar-refractivity contribution in [3.63, 3.8) is 0 Å². The minimum atomic E-state index is 0.509. The summed E-state index contributed by atoms with van der Waals surface area (Å²) in [4.78, 5) is 4.37. The molecule has 0 aliphatic carbocycles. The molecule has 0 fully saturated rings. The molecule has 0 atom stereocenters. The second-order valence-corrected chi connectivity index (χ2v) is 5.86. The first-order chi connectivity index (χ1) is 9.60. The van der Waals surface area contributed by atoms with Gasteiger partial charge in [-0.3, -0.25) is 0 Å². The summed E-state index contributed by atoms with van der Waals surface area (Å²) in [5.74, 6) is 3.39. The lowest BCUT2D eigenvalue weighted by atomic mass is 10.1. The summed E-state index contributed by atoms with van der Waals surface area (Å²) in [5, 5.41) is 13.0. The second-order valence-electron chi connectivity index (χ2n) is 4.92. The minimum Gasteiger partial charge on any atom is -0.339 e. The molecule has 2 rings (SSSR count). The van der Waals surface area contributed by atoms with Gasteiger partial charge in [-0.05, 0) is 12.8 Å². The zero-order chi connectivity index (χ0) is 14.5. The number of allylic oxidation sites excluding steroid dienone is 1. The van der Waals surface area contributed by atoms with Crippen molar-refractivity contribution in [1.29, 1.82) is 0 Å². The summed E-state index contributed by atoms with van der Waals surface area (Å²) in [6.07, 6.45) is 2.64. The van der Waals surface area contributed by atoms with Crippen molar-refractivity contribution in [3.05, 3.63) is 30.2 Å². The van der Waals surface area contributed by atoms with E-state index in [4.69, 9.17) is 4.52 Å². The summed E-state index contributed by atoms with van der Waals surface area (Å²) in [6.45, 7) is 10.6. The van der Waals surface area contributed by atoms with Gasteiger partial charge in [-0.15, -0.1) is 16.8 Å². The van der Waals surface area contributed by atoms with E-state index in [1.54, 1.807) is 11.8 Å². The quantitative estimate of drug-likeness (QED) is 0.577. The van der Waals surface area contributed by atoms with Gasteiger partial charge in [-0.25, -0.2) is 0 Å². The lowest BCUT2D eigenvalue weighted by Crippen LogP contribution is -2.00. The van der Waals surface area contributed by atoms with Gasteiger partial charge in [0.15, 0.2) is 11.0 Å². The van der Waals surface area contributed by atoms with E-state index in [1.807, 2.05) is 17.6 Å². The van der Waals surface area contributed by atoms with Crippen LogP contribution in [0.2, 0.25) is 0 Å². The predicted octanol–water partition coefficient (Wildman–Crippen LogP) is 2.65. The number of hydrogen-bond acceptors (Lipinski definition) is 6. The van der Waals surface area contributed by atoms with Gasteiger partial charge in [0.05, 0.1) is 5.75 Å². The third-order valence-electron chi connectivity index (χ3n) is 2.64. The summed E-state index contributed by atoms with van der Waals surface area (Å²) < 4.78 is 7.22. The van der Waals surface area contributed by atoms with Gasteiger partial charge in [0.1, 0.15) is 5.82 Å². The Labute approximate surface area is 122 Å². The second kappa shape index (κ2) is 6.69. The standard InChI is InChI=1S/C13H19N5OS/c1-5-6-18-10(4)15-16-13(18)20-8-11-14-12(19-17-11)7-9(2)3/h5,9H,1,6-8H2,2-4H3. The van der Waals surface area contributed by atoms with Crippen molar-refractivity contribution in [1.82, 2.24) is 24.9 Å². The van der Waals surface area contributed by atoms with Crippen molar-refractivity contribution < 1.29 is 4.52 Å². The molecule has 0 saturated carbocycles. The van der Waals surface area contributed by atoms with Crippen LogP contribution in [0.4, 0.5) is 0 Å². The average molecular weight is 293 g/mol. The fourth-order valence-electron chi connectivity index (χ4n) is 1.72. The Kier molecular flexibility index (Phi) is 4.94. The monoisotopic (exact) mass is 293 g/mol. The van der Waals surface area contributed by atoms with E-state index in [0.29, 0.717) is 29.9 Å². The first-order valence-corrected chi connectivity index (χ1v) is 7.53. The normalized spacial score (nSPS) is 11.2. The van der Waals surface area contributed by atoms with Crippen LogP contribution < -0.4 is 0 Å². The number of hydrogen-bond donors (Lipinski definition) is 0. The molecule has 0 saturated heterocycles. The van der Waals surface area contributed by atoms with Crippen LogP contribution in [0, 0.1) is 12.8 Å². The van der Waals surface area contributed by atoms with E-state index in [-0.39, 0.29) is 0 Å². The van der Waals surface area contributed by atoms with Crippen LogP contribution in [-0.2, 0) is 18.7 Å². The molecule has 108 valence electrons. The van der Waals surface area contributed by atoms with Crippen molar-refractivity contribution in [3.8, 4) is 0 Å². The summed E-state index contributed by atoms with van der Waals surface area (Å²) >= 11 is 1.55.